The molecule has 0 unspecified atom stereocenters. The highest BCUT2D eigenvalue weighted by molar-refractivity contribution is 5.85. The molecule has 1 rings (SSSR count). The van der Waals surface area contributed by atoms with Crippen molar-refractivity contribution >= 4 is 5.71 Å². The molecular formula is C10H19N. The minimum atomic E-state index is 0.477. The predicted octanol–water partition coefficient (Wildman–Crippen LogP) is 3.05. The summed E-state index contributed by atoms with van der Waals surface area (Å²) in [4.78, 5) is 4.46. The van der Waals surface area contributed by atoms with Crippen molar-refractivity contribution in [2.75, 3.05) is 6.54 Å². The third kappa shape index (κ3) is 3.54. The molecule has 0 fully saturated rings. The summed E-state index contributed by atoms with van der Waals surface area (Å²) < 4.78 is 0. The minimum absolute atomic E-state index is 0.477. The highest BCUT2D eigenvalue weighted by Gasteiger charge is 2.13. The molecule has 64 valence electrons. The molecular weight excluding hydrogens is 134 g/mol. The predicted molar refractivity (Wildman–Crippen MR) is 50.2 cm³/mol. The Kier molecular flexibility index (Phi) is 2.69. The maximum Gasteiger partial charge on any atom is 0.0392 e. The smallest absolute Gasteiger partial charge is 0.0392 e. The number of aliphatic imine (C=N–C) groups is 1. The summed E-state index contributed by atoms with van der Waals surface area (Å²) >= 11 is 0. The monoisotopic (exact) mass is 153 g/mol. The number of hydrogen-bond acceptors (Lipinski definition) is 1. The second kappa shape index (κ2) is 3.38. The van der Waals surface area contributed by atoms with Gasteiger partial charge in [-0.25, -0.2) is 0 Å². The maximum atomic E-state index is 4.46. The molecule has 11 heavy (non-hydrogen) atoms. The molecule has 0 N–H and O–H groups in total. The highest BCUT2D eigenvalue weighted by atomic mass is 14.8. The third-order valence-electron chi connectivity index (χ3n) is 2.12. The van der Waals surface area contributed by atoms with Crippen LogP contribution in [0, 0.1) is 5.41 Å². The number of hydrogen-bond donors (Lipinski definition) is 0. The zero-order valence-corrected chi connectivity index (χ0v) is 7.98. The minimum Gasteiger partial charge on any atom is -0.294 e. The van der Waals surface area contributed by atoms with E-state index in [1.165, 1.54) is 31.4 Å². The average Bonchev–Trinajstić information content (AvgIpc) is 2.32. The molecule has 0 aliphatic carbocycles. The molecule has 1 aliphatic rings. The Balaban J connectivity index is 2.22. The lowest BCUT2D eigenvalue weighted by atomic mass is 9.89. The van der Waals surface area contributed by atoms with Crippen LogP contribution in [-0.4, -0.2) is 12.3 Å². The quantitative estimate of drug-likeness (QED) is 0.578. The summed E-state index contributed by atoms with van der Waals surface area (Å²) in [6.07, 6.45) is 5.06. The molecule has 0 aromatic rings. The summed E-state index contributed by atoms with van der Waals surface area (Å²) in [5.41, 5.74) is 1.94. The van der Waals surface area contributed by atoms with Crippen LogP contribution in [0.1, 0.15) is 46.5 Å². The van der Waals surface area contributed by atoms with Crippen molar-refractivity contribution in [3.05, 3.63) is 0 Å². The highest BCUT2D eigenvalue weighted by Crippen LogP contribution is 2.22. The zero-order valence-electron chi connectivity index (χ0n) is 7.98. The van der Waals surface area contributed by atoms with Crippen LogP contribution < -0.4 is 0 Å². The van der Waals surface area contributed by atoms with Gasteiger partial charge in [0.15, 0.2) is 0 Å². The van der Waals surface area contributed by atoms with E-state index in [0.717, 1.165) is 6.54 Å². The Morgan fingerprint density at radius 2 is 2.09 bits per heavy atom. The first-order valence-corrected chi connectivity index (χ1v) is 4.60. The molecule has 0 spiro atoms. The van der Waals surface area contributed by atoms with E-state index in [1.807, 2.05) is 0 Å². The van der Waals surface area contributed by atoms with Crippen LogP contribution in [0.5, 0.6) is 0 Å². The first-order chi connectivity index (χ1) is 5.08. The van der Waals surface area contributed by atoms with Crippen molar-refractivity contribution in [2.45, 2.75) is 46.5 Å². The fourth-order valence-electron chi connectivity index (χ4n) is 1.32. The van der Waals surface area contributed by atoms with Gasteiger partial charge in [0.25, 0.3) is 0 Å². The second-order valence-corrected chi connectivity index (χ2v) is 4.61. The fraction of sp³-hybridized carbons (Fsp3) is 0.900. The summed E-state index contributed by atoms with van der Waals surface area (Å²) in [6.45, 7) is 7.97. The van der Waals surface area contributed by atoms with Crippen molar-refractivity contribution in [3.8, 4) is 0 Å². The molecule has 1 aliphatic heterocycles. The first kappa shape index (κ1) is 8.76. The van der Waals surface area contributed by atoms with Gasteiger partial charge in [0, 0.05) is 12.3 Å². The Morgan fingerprint density at radius 1 is 1.36 bits per heavy atom. The van der Waals surface area contributed by atoms with Crippen molar-refractivity contribution in [3.63, 3.8) is 0 Å². The normalized spacial score (nSPS) is 18.6. The van der Waals surface area contributed by atoms with E-state index in [1.54, 1.807) is 0 Å². The van der Waals surface area contributed by atoms with Gasteiger partial charge in [-0.3, -0.25) is 4.99 Å². The summed E-state index contributed by atoms with van der Waals surface area (Å²) in [6, 6.07) is 0. The van der Waals surface area contributed by atoms with Crippen LogP contribution in [0.15, 0.2) is 4.99 Å². The first-order valence-electron chi connectivity index (χ1n) is 4.60. The lowest BCUT2D eigenvalue weighted by Gasteiger charge is -2.17. The van der Waals surface area contributed by atoms with Gasteiger partial charge in [0.1, 0.15) is 0 Å². The number of nitrogens with zero attached hydrogens (tertiary/aromatic N) is 1. The van der Waals surface area contributed by atoms with Gasteiger partial charge in [0.2, 0.25) is 0 Å². The van der Waals surface area contributed by atoms with Gasteiger partial charge in [-0.15, -0.1) is 0 Å². The van der Waals surface area contributed by atoms with Gasteiger partial charge in [-0.2, -0.15) is 0 Å². The van der Waals surface area contributed by atoms with Crippen molar-refractivity contribution in [1.82, 2.24) is 0 Å². The van der Waals surface area contributed by atoms with E-state index < -0.39 is 0 Å². The van der Waals surface area contributed by atoms with Gasteiger partial charge in [0.05, 0.1) is 0 Å². The van der Waals surface area contributed by atoms with E-state index in [9.17, 15) is 0 Å². The summed E-state index contributed by atoms with van der Waals surface area (Å²) in [7, 11) is 0. The lowest BCUT2D eigenvalue weighted by Crippen LogP contribution is -2.07. The average molecular weight is 153 g/mol. The largest absolute Gasteiger partial charge is 0.294 e. The molecule has 0 saturated carbocycles. The molecule has 0 amide bonds. The third-order valence-corrected chi connectivity index (χ3v) is 2.12. The Hall–Kier alpha value is -0.330. The SMILES string of the molecule is CC(C)(C)CCC1=NCCC1. The molecule has 1 heteroatoms. The van der Waals surface area contributed by atoms with Crippen molar-refractivity contribution < 1.29 is 0 Å². The van der Waals surface area contributed by atoms with E-state index in [0.29, 0.717) is 5.41 Å². The Bertz CT molecular complexity index is 151. The summed E-state index contributed by atoms with van der Waals surface area (Å²) in [5, 5.41) is 0. The fourth-order valence-corrected chi connectivity index (χ4v) is 1.32. The van der Waals surface area contributed by atoms with Crippen LogP contribution in [0.3, 0.4) is 0 Å². The Morgan fingerprint density at radius 3 is 2.55 bits per heavy atom. The molecule has 0 atom stereocenters. The molecule has 0 bridgehead atoms. The van der Waals surface area contributed by atoms with Crippen LogP contribution >= 0.6 is 0 Å². The van der Waals surface area contributed by atoms with E-state index in [2.05, 4.69) is 25.8 Å². The zero-order chi connectivity index (χ0) is 8.32. The van der Waals surface area contributed by atoms with Crippen LogP contribution in [-0.2, 0) is 0 Å². The molecule has 0 aromatic carbocycles. The Labute approximate surface area is 69.9 Å². The van der Waals surface area contributed by atoms with Crippen LogP contribution in [0.2, 0.25) is 0 Å². The topological polar surface area (TPSA) is 12.4 Å². The van der Waals surface area contributed by atoms with Gasteiger partial charge in [-0.1, -0.05) is 20.8 Å². The summed E-state index contributed by atoms with van der Waals surface area (Å²) in [5.74, 6) is 0. The molecule has 0 aromatic heterocycles. The van der Waals surface area contributed by atoms with Crippen molar-refractivity contribution in [2.24, 2.45) is 10.4 Å². The molecule has 0 radical (unpaired) electrons. The van der Waals surface area contributed by atoms with Gasteiger partial charge < -0.3 is 0 Å². The maximum absolute atomic E-state index is 4.46. The second-order valence-electron chi connectivity index (χ2n) is 4.61. The standard InChI is InChI=1S/C10H19N/c1-10(2,3)7-6-9-5-4-8-11-9/h4-8H2,1-3H3. The van der Waals surface area contributed by atoms with Gasteiger partial charge >= 0.3 is 0 Å². The van der Waals surface area contributed by atoms with Crippen LogP contribution in [0.25, 0.3) is 0 Å². The molecule has 0 saturated heterocycles. The van der Waals surface area contributed by atoms with E-state index in [-0.39, 0.29) is 0 Å². The van der Waals surface area contributed by atoms with Crippen LogP contribution in [0.4, 0.5) is 0 Å². The number of rotatable bonds is 2. The lowest BCUT2D eigenvalue weighted by molar-refractivity contribution is 0.385. The van der Waals surface area contributed by atoms with E-state index in [4.69, 9.17) is 0 Å². The van der Waals surface area contributed by atoms with E-state index >= 15 is 0 Å². The molecule has 1 heterocycles. The van der Waals surface area contributed by atoms with Gasteiger partial charge in [-0.05, 0) is 31.1 Å². The molecule has 1 nitrogen and oxygen atoms in total. The van der Waals surface area contributed by atoms with Crippen molar-refractivity contribution in [1.29, 1.82) is 0 Å².